The standard InChI is InChI=1S/C27H21N3O4S/c1-18-8-10-23(12-19(18)2)35(31,32)24(15-28)13-21-16-30(22-6-4-3-5-7-22)29-27(21)20-9-11-25-26(14-20)34-17-33-25/h3-14,16H,17H2,1-2H3/b24-13+. The van der Waals surface area contributed by atoms with Crippen LogP contribution < -0.4 is 9.47 Å². The third kappa shape index (κ3) is 4.18. The molecule has 0 spiro atoms. The minimum absolute atomic E-state index is 0.0773. The number of hydrogen-bond donors (Lipinski definition) is 0. The van der Waals surface area contributed by atoms with Gasteiger partial charge in [-0.25, -0.2) is 13.1 Å². The molecule has 1 aliphatic heterocycles. The molecule has 1 aromatic heterocycles. The Hall–Kier alpha value is -4.35. The Morgan fingerprint density at radius 2 is 1.77 bits per heavy atom. The number of aromatic nitrogens is 2. The minimum Gasteiger partial charge on any atom is -0.454 e. The molecule has 4 aromatic rings. The van der Waals surface area contributed by atoms with Gasteiger partial charge in [0.2, 0.25) is 16.6 Å². The molecule has 0 saturated heterocycles. The first-order valence-electron chi connectivity index (χ1n) is 10.9. The summed E-state index contributed by atoms with van der Waals surface area (Å²) in [5, 5.41) is 14.6. The highest BCUT2D eigenvalue weighted by Gasteiger charge is 2.24. The average molecular weight is 484 g/mol. The van der Waals surface area contributed by atoms with E-state index >= 15 is 0 Å². The van der Waals surface area contributed by atoms with E-state index in [1.807, 2.05) is 56.3 Å². The molecule has 5 rings (SSSR count). The van der Waals surface area contributed by atoms with Crippen molar-refractivity contribution in [3.8, 4) is 34.5 Å². The van der Waals surface area contributed by atoms with Crippen LogP contribution in [0, 0.1) is 25.2 Å². The van der Waals surface area contributed by atoms with Crippen molar-refractivity contribution in [1.82, 2.24) is 9.78 Å². The van der Waals surface area contributed by atoms with Crippen molar-refractivity contribution in [2.24, 2.45) is 0 Å². The topological polar surface area (TPSA) is 94.2 Å². The first-order chi connectivity index (χ1) is 16.9. The van der Waals surface area contributed by atoms with Crippen LogP contribution >= 0.6 is 0 Å². The summed E-state index contributed by atoms with van der Waals surface area (Å²) in [6.07, 6.45) is 3.08. The summed E-state index contributed by atoms with van der Waals surface area (Å²) in [4.78, 5) is -0.288. The summed E-state index contributed by atoms with van der Waals surface area (Å²) in [5.41, 5.74) is 4.30. The maximum Gasteiger partial charge on any atom is 0.231 e. The van der Waals surface area contributed by atoms with Gasteiger partial charge in [-0.2, -0.15) is 10.4 Å². The molecule has 0 aliphatic carbocycles. The van der Waals surface area contributed by atoms with Crippen molar-refractivity contribution in [3.63, 3.8) is 0 Å². The molecule has 8 heteroatoms. The Labute approximate surface area is 203 Å². The zero-order valence-corrected chi connectivity index (χ0v) is 19.9. The van der Waals surface area contributed by atoms with Crippen LogP contribution in [0.4, 0.5) is 0 Å². The van der Waals surface area contributed by atoms with Crippen molar-refractivity contribution in [3.05, 3.63) is 94.5 Å². The van der Waals surface area contributed by atoms with E-state index in [9.17, 15) is 13.7 Å². The van der Waals surface area contributed by atoms with E-state index in [1.54, 1.807) is 35.1 Å². The molecule has 2 heterocycles. The fourth-order valence-corrected chi connectivity index (χ4v) is 5.03. The molecule has 0 radical (unpaired) electrons. The number of allylic oxidation sites excluding steroid dienone is 1. The fraction of sp³-hybridized carbons (Fsp3) is 0.111. The Kier molecular flexibility index (Phi) is 5.63. The summed E-state index contributed by atoms with van der Waals surface area (Å²) >= 11 is 0. The third-order valence-electron chi connectivity index (χ3n) is 5.88. The molecular weight excluding hydrogens is 462 g/mol. The van der Waals surface area contributed by atoms with E-state index in [0.717, 1.165) is 16.8 Å². The Balaban J connectivity index is 1.66. The molecular formula is C27H21N3O4S. The van der Waals surface area contributed by atoms with Gasteiger partial charge in [0.05, 0.1) is 10.6 Å². The highest BCUT2D eigenvalue weighted by molar-refractivity contribution is 7.95. The molecule has 3 aromatic carbocycles. The maximum atomic E-state index is 13.4. The van der Waals surface area contributed by atoms with E-state index in [4.69, 9.17) is 14.6 Å². The molecule has 35 heavy (non-hydrogen) atoms. The molecule has 0 saturated carbocycles. The second-order valence-electron chi connectivity index (χ2n) is 8.15. The van der Waals surface area contributed by atoms with Crippen molar-refractivity contribution < 1.29 is 17.9 Å². The van der Waals surface area contributed by atoms with Gasteiger partial charge in [-0.15, -0.1) is 0 Å². The number of nitrogens with zero attached hydrogens (tertiary/aromatic N) is 3. The number of benzene rings is 3. The van der Waals surface area contributed by atoms with Crippen LogP contribution in [-0.4, -0.2) is 25.0 Å². The van der Waals surface area contributed by atoms with E-state index in [1.165, 1.54) is 12.1 Å². The lowest BCUT2D eigenvalue weighted by Crippen LogP contribution is -2.04. The zero-order chi connectivity index (χ0) is 24.6. The highest BCUT2D eigenvalue weighted by Crippen LogP contribution is 2.37. The maximum absolute atomic E-state index is 13.4. The average Bonchev–Trinajstić information content (AvgIpc) is 3.51. The number of nitriles is 1. The van der Waals surface area contributed by atoms with Crippen molar-refractivity contribution in [2.75, 3.05) is 6.79 Å². The van der Waals surface area contributed by atoms with Gasteiger partial charge in [0.1, 0.15) is 16.7 Å². The van der Waals surface area contributed by atoms with Crippen LogP contribution in [-0.2, 0) is 9.84 Å². The number of ether oxygens (including phenoxy) is 2. The number of sulfone groups is 1. The predicted octanol–water partition coefficient (Wildman–Crippen LogP) is 5.22. The largest absolute Gasteiger partial charge is 0.454 e. The van der Waals surface area contributed by atoms with Crippen molar-refractivity contribution >= 4 is 15.9 Å². The van der Waals surface area contributed by atoms with Crippen LogP contribution in [0.1, 0.15) is 16.7 Å². The van der Waals surface area contributed by atoms with Gasteiger partial charge in [0, 0.05) is 17.3 Å². The molecule has 0 unspecified atom stereocenters. The summed E-state index contributed by atoms with van der Waals surface area (Å²) in [6, 6.07) is 21.6. The predicted molar refractivity (Wildman–Crippen MR) is 132 cm³/mol. The van der Waals surface area contributed by atoms with Crippen molar-refractivity contribution in [1.29, 1.82) is 5.26 Å². The van der Waals surface area contributed by atoms with Gasteiger partial charge in [0.25, 0.3) is 0 Å². The Morgan fingerprint density at radius 3 is 2.51 bits per heavy atom. The molecule has 0 N–H and O–H groups in total. The van der Waals surface area contributed by atoms with E-state index < -0.39 is 9.84 Å². The smallest absolute Gasteiger partial charge is 0.231 e. The normalized spacial score (nSPS) is 13.0. The number of hydrogen-bond acceptors (Lipinski definition) is 6. The Bertz CT molecular complexity index is 1610. The molecule has 0 bridgehead atoms. The molecule has 7 nitrogen and oxygen atoms in total. The van der Waals surface area contributed by atoms with Crippen LogP contribution in [0.3, 0.4) is 0 Å². The monoisotopic (exact) mass is 483 g/mol. The lowest BCUT2D eigenvalue weighted by Gasteiger charge is -2.06. The lowest BCUT2D eigenvalue weighted by atomic mass is 10.1. The fourth-order valence-electron chi connectivity index (χ4n) is 3.79. The molecule has 0 fully saturated rings. The summed E-state index contributed by atoms with van der Waals surface area (Å²) < 4.78 is 39.3. The summed E-state index contributed by atoms with van der Waals surface area (Å²) in [6.45, 7) is 3.88. The quantitative estimate of drug-likeness (QED) is 0.361. The first-order valence-corrected chi connectivity index (χ1v) is 12.3. The molecule has 0 amide bonds. The minimum atomic E-state index is -4.03. The number of para-hydroxylation sites is 1. The zero-order valence-electron chi connectivity index (χ0n) is 19.1. The molecule has 1 aliphatic rings. The number of aryl methyl sites for hydroxylation is 2. The van der Waals surface area contributed by atoms with Crippen molar-refractivity contribution in [2.45, 2.75) is 18.7 Å². The lowest BCUT2D eigenvalue weighted by molar-refractivity contribution is 0.174. The van der Waals surface area contributed by atoms with Gasteiger partial charge in [-0.1, -0.05) is 24.3 Å². The van der Waals surface area contributed by atoms with Gasteiger partial charge < -0.3 is 9.47 Å². The van der Waals surface area contributed by atoms with Gasteiger partial charge >= 0.3 is 0 Å². The van der Waals surface area contributed by atoms with Gasteiger partial charge in [0.15, 0.2) is 11.5 Å². The highest BCUT2D eigenvalue weighted by atomic mass is 32.2. The van der Waals surface area contributed by atoms with Crippen LogP contribution in [0.15, 0.2) is 82.7 Å². The number of fused-ring (bicyclic) bond motifs is 1. The first kappa shape index (κ1) is 22.4. The number of rotatable bonds is 5. The summed E-state index contributed by atoms with van der Waals surface area (Å²) in [5.74, 6) is 1.21. The van der Waals surface area contributed by atoms with Crippen LogP contribution in [0.25, 0.3) is 23.0 Å². The SMILES string of the molecule is Cc1ccc(S(=O)(=O)/C(C#N)=C/c2cn(-c3ccccc3)nc2-c2ccc3c(c2)OCO3)cc1C. The Morgan fingerprint density at radius 1 is 1.00 bits per heavy atom. The van der Waals surface area contributed by atoms with Gasteiger partial charge in [-0.05, 0) is 73.5 Å². The van der Waals surface area contributed by atoms with Crippen LogP contribution in [0.5, 0.6) is 11.5 Å². The molecule has 0 atom stereocenters. The second kappa shape index (κ2) is 8.78. The second-order valence-corrected chi connectivity index (χ2v) is 10.1. The molecule has 174 valence electrons. The van der Waals surface area contributed by atoms with Crippen LogP contribution in [0.2, 0.25) is 0 Å². The summed E-state index contributed by atoms with van der Waals surface area (Å²) in [7, 11) is -4.03. The van der Waals surface area contributed by atoms with E-state index in [0.29, 0.717) is 28.3 Å². The van der Waals surface area contributed by atoms with E-state index in [-0.39, 0.29) is 16.6 Å². The van der Waals surface area contributed by atoms with E-state index in [2.05, 4.69) is 0 Å². The third-order valence-corrected chi connectivity index (χ3v) is 7.55. The van der Waals surface area contributed by atoms with Gasteiger partial charge in [-0.3, -0.25) is 0 Å².